The average Bonchev–Trinajstić information content (AvgIpc) is 2.84. The van der Waals surface area contributed by atoms with E-state index in [1.54, 1.807) is 0 Å². The largest absolute Gasteiger partial charge is 0.354 e. The second-order valence-corrected chi connectivity index (χ2v) is 6.80. The van der Waals surface area contributed by atoms with E-state index in [0.29, 0.717) is 6.54 Å². The van der Waals surface area contributed by atoms with Gasteiger partial charge in [-0.25, -0.2) is 0 Å². The number of nitrogens with two attached hydrogens (primary N) is 1. The first-order valence-electron chi connectivity index (χ1n) is 7.48. The number of benzene rings is 1. The summed E-state index contributed by atoms with van der Waals surface area (Å²) in [6.45, 7) is 7.01. The summed E-state index contributed by atoms with van der Waals surface area (Å²) in [7, 11) is 0. The molecule has 0 bridgehead atoms. The van der Waals surface area contributed by atoms with Crippen molar-refractivity contribution in [2.75, 3.05) is 6.54 Å². The molecule has 2 rings (SSSR count). The molecule has 3 N–H and O–H groups in total. The Morgan fingerprint density at radius 1 is 1.33 bits per heavy atom. The van der Waals surface area contributed by atoms with Gasteiger partial charge >= 0.3 is 0 Å². The first-order valence-corrected chi connectivity index (χ1v) is 7.48. The van der Waals surface area contributed by atoms with Crippen molar-refractivity contribution in [1.29, 1.82) is 0 Å². The Hall–Kier alpha value is -1.06. The number of carbonyl (C=O) groups is 1. The van der Waals surface area contributed by atoms with Gasteiger partial charge in [0.25, 0.3) is 0 Å². The van der Waals surface area contributed by atoms with Gasteiger partial charge in [0.15, 0.2) is 0 Å². The highest BCUT2D eigenvalue weighted by atomic mass is 35.5. The van der Waals surface area contributed by atoms with Crippen LogP contribution in [-0.2, 0) is 10.2 Å². The molecule has 0 aliphatic heterocycles. The molecule has 0 heterocycles. The topological polar surface area (TPSA) is 55.1 Å². The molecular formula is C17H27ClN2O. The van der Waals surface area contributed by atoms with Gasteiger partial charge in [0.2, 0.25) is 5.91 Å². The van der Waals surface area contributed by atoms with Crippen LogP contribution < -0.4 is 11.1 Å². The van der Waals surface area contributed by atoms with Crippen LogP contribution >= 0.6 is 12.4 Å². The lowest BCUT2D eigenvalue weighted by molar-refractivity contribution is -0.126. The molecule has 4 heteroatoms. The summed E-state index contributed by atoms with van der Waals surface area (Å²) >= 11 is 0. The van der Waals surface area contributed by atoms with Crippen molar-refractivity contribution in [3.8, 4) is 0 Å². The van der Waals surface area contributed by atoms with E-state index in [2.05, 4.69) is 50.4 Å². The van der Waals surface area contributed by atoms with E-state index in [4.69, 9.17) is 5.73 Å². The highest BCUT2D eigenvalue weighted by Crippen LogP contribution is 2.28. The standard InChI is InChI=1S/C17H26N2O.ClH/c1-13-7-6-8-14(11-13)16(2,3)12-19-15(20)17(18)9-4-5-10-17;/h6-8,11H,4-5,9-10,12,18H2,1-3H3,(H,19,20);1H. The third-order valence-corrected chi connectivity index (χ3v) is 4.44. The summed E-state index contributed by atoms with van der Waals surface area (Å²) in [5.74, 6) is 0.00993. The van der Waals surface area contributed by atoms with Crippen LogP contribution in [0.3, 0.4) is 0 Å². The van der Waals surface area contributed by atoms with E-state index in [1.807, 2.05) is 0 Å². The third kappa shape index (κ3) is 4.21. The molecule has 0 atom stereocenters. The van der Waals surface area contributed by atoms with Gasteiger partial charge in [0.05, 0.1) is 5.54 Å². The van der Waals surface area contributed by atoms with Gasteiger partial charge in [0, 0.05) is 12.0 Å². The number of hydrogen-bond donors (Lipinski definition) is 2. The van der Waals surface area contributed by atoms with Gasteiger partial charge in [-0.1, -0.05) is 56.5 Å². The van der Waals surface area contributed by atoms with Gasteiger partial charge < -0.3 is 11.1 Å². The Kier molecular flexibility index (Phi) is 5.83. The Morgan fingerprint density at radius 2 is 1.95 bits per heavy atom. The highest BCUT2D eigenvalue weighted by Gasteiger charge is 2.37. The monoisotopic (exact) mass is 310 g/mol. The van der Waals surface area contributed by atoms with Crippen molar-refractivity contribution < 1.29 is 4.79 Å². The first-order chi connectivity index (χ1) is 9.33. The SMILES string of the molecule is Cc1cccc(C(C)(C)CNC(=O)C2(N)CCCC2)c1.Cl. The lowest BCUT2D eigenvalue weighted by Gasteiger charge is -2.29. The van der Waals surface area contributed by atoms with Crippen molar-refractivity contribution in [3.05, 3.63) is 35.4 Å². The van der Waals surface area contributed by atoms with Crippen LogP contribution in [-0.4, -0.2) is 18.0 Å². The summed E-state index contributed by atoms with van der Waals surface area (Å²) in [5.41, 5.74) is 7.95. The number of aryl methyl sites for hydroxylation is 1. The van der Waals surface area contributed by atoms with E-state index in [9.17, 15) is 4.79 Å². The second kappa shape index (κ2) is 6.80. The molecule has 21 heavy (non-hydrogen) atoms. The smallest absolute Gasteiger partial charge is 0.240 e. The second-order valence-electron chi connectivity index (χ2n) is 6.80. The Morgan fingerprint density at radius 3 is 2.52 bits per heavy atom. The fourth-order valence-corrected chi connectivity index (χ4v) is 2.88. The van der Waals surface area contributed by atoms with Gasteiger partial charge in [-0.15, -0.1) is 12.4 Å². The molecular weight excluding hydrogens is 284 g/mol. The van der Waals surface area contributed by atoms with Gasteiger partial charge in [0.1, 0.15) is 0 Å². The molecule has 0 unspecified atom stereocenters. The van der Waals surface area contributed by atoms with E-state index >= 15 is 0 Å². The van der Waals surface area contributed by atoms with Crippen molar-refractivity contribution in [3.63, 3.8) is 0 Å². The van der Waals surface area contributed by atoms with Crippen LogP contribution in [0, 0.1) is 6.92 Å². The molecule has 118 valence electrons. The number of nitrogens with one attached hydrogen (secondary N) is 1. The average molecular weight is 311 g/mol. The van der Waals surface area contributed by atoms with Crippen molar-refractivity contribution in [2.45, 2.75) is 57.4 Å². The van der Waals surface area contributed by atoms with Crippen molar-refractivity contribution in [2.24, 2.45) is 5.73 Å². The molecule has 0 spiro atoms. The first kappa shape index (κ1) is 18.0. The molecule has 0 radical (unpaired) electrons. The molecule has 1 aliphatic rings. The third-order valence-electron chi connectivity index (χ3n) is 4.44. The summed E-state index contributed by atoms with van der Waals surface area (Å²) in [6.07, 6.45) is 3.74. The Labute approximate surface area is 134 Å². The maximum Gasteiger partial charge on any atom is 0.240 e. The van der Waals surface area contributed by atoms with E-state index in [-0.39, 0.29) is 23.7 Å². The van der Waals surface area contributed by atoms with Crippen molar-refractivity contribution in [1.82, 2.24) is 5.32 Å². The van der Waals surface area contributed by atoms with E-state index in [0.717, 1.165) is 25.7 Å². The maximum atomic E-state index is 12.3. The van der Waals surface area contributed by atoms with Gasteiger partial charge in [-0.2, -0.15) is 0 Å². The zero-order chi connectivity index (χ0) is 14.8. The lowest BCUT2D eigenvalue weighted by Crippen LogP contribution is -2.53. The summed E-state index contributed by atoms with van der Waals surface area (Å²) in [4.78, 5) is 12.3. The fourth-order valence-electron chi connectivity index (χ4n) is 2.88. The number of amides is 1. The molecule has 1 aromatic carbocycles. The van der Waals surface area contributed by atoms with Crippen LogP contribution in [0.5, 0.6) is 0 Å². The Bertz CT molecular complexity index is 493. The van der Waals surface area contributed by atoms with Gasteiger partial charge in [-0.05, 0) is 25.3 Å². The molecule has 1 aliphatic carbocycles. The summed E-state index contributed by atoms with van der Waals surface area (Å²) in [5, 5.41) is 3.06. The van der Waals surface area contributed by atoms with Crippen LogP contribution in [0.4, 0.5) is 0 Å². The molecule has 1 saturated carbocycles. The minimum Gasteiger partial charge on any atom is -0.354 e. The molecule has 0 saturated heterocycles. The minimum absolute atomic E-state index is 0. The van der Waals surface area contributed by atoms with Crippen LogP contribution in [0.25, 0.3) is 0 Å². The summed E-state index contributed by atoms with van der Waals surface area (Å²) < 4.78 is 0. The van der Waals surface area contributed by atoms with Crippen molar-refractivity contribution >= 4 is 18.3 Å². The molecule has 3 nitrogen and oxygen atoms in total. The quantitative estimate of drug-likeness (QED) is 0.898. The molecule has 1 aromatic rings. The highest BCUT2D eigenvalue weighted by molar-refractivity contribution is 5.86. The normalized spacial score (nSPS) is 17.1. The maximum absolute atomic E-state index is 12.3. The molecule has 0 aromatic heterocycles. The zero-order valence-corrected chi connectivity index (χ0v) is 14.1. The fraction of sp³-hybridized carbons (Fsp3) is 0.588. The molecule has 1 fully saturated rings. The predicted molar refractivity (Wildman–Crippen MR) is 89.8 cm³/mol. The number of rotatable bonds is 4. The number of carbonyl (C=O) groups excluding carboxylic acids is 1. The Balaban J connectivity index is 0.00000220. The molecule has 1 amide bonds. The van der Waals surface area contributed by atoms with Crippen LogP contribution in [0.2, 0.25) is 0 Å². The van der Waals surface area contributed by atoms with E-state index in [1.165, 1.54) is 11.1 Å². The number of hydrogen-bond acceptors (Lipinski definition) is 2. The van der Waals surface area contributed by atoms with Gasteiger partial charge in [-0.3, -0.25) is 4.79 Å². The minimum atomic E-state index is -0.636. The van der Waals surface area contributed by atoms with Crippen LogP contribution in [0.1, 0.15) is 50.7 Å². The lowest BCUT2D eigenvalue weighted by atomic mass is 9.83. The number of halogens is 1. The van der Waals surface area contributed by atoms with Crippen LogP contribution in [0.15, 0.2) is 24.3 Å². The predicted octanol–water partition coefficient (Wildman–Crippen LogP) is 3.08. The summed E-state index contributed by atoms with van der Waals surface area (Å²) in [6, 6.07) is 8.45. The zero-order valence-electron chi connectivity index (χ0n) is 13.2. The van der Waals surface area contributed by atoms with E-state index < -0.39 is 5.54 Å².